The molecule has 0 bridgehead atoms. The van der Waals surface area contributed by atoms with Crippen LogP contribution in [0.1, 0.15) is 0 Å². The van der Waals surface area contributed by atoms with Crippen LogP contribution in [0.4, 0.5) is 0 Å². The van der Waals surface area contributed by atoms with Crippen molar-refractivity contribution in [3.8, 4) is 0 Å². The molecule has 0 saturated heterocycles. The minimum atomic E-state index is -3.01. The summed E-state index contributed by atoms with van der Waals surface area (Å²) in [6.45, 7) is 0.188. The molecule has 1 N–H and O–H groups in total. The van der Waals surface area contributed by atoms with Crippen LogP contribution in [0.25, 0.3) is 0 Å². The van der Waals surface area contributed by atoms with Crippen LogP contribution in [0.5, 0.6) is 0 Å². The predicted molar refractivity (Wildman–Crippen MR) is 39.8 cm³/mol. The van der Waals surface area contributed by atoms with Gasteiger partial charge in [-0.2, -0.15) is 0 Å². The number of aliphatic imine (C=N–C) groups is 1. The van der Waals surface area contributed by atoms with Crippen LogP contribution in [0.3, 0.4) is 0 Å². The summed E-state index contributed by atoms with van der Waals surface area (Å²) in [4.78, 5) is 22.2. The standard InChI is InChI=1S/C5H11NO4Si/c1-9-11(8,10-2)4-3-6-5-7/h8H,3-4H2,1-2H3. The number of nitrogens with zero attached hydrogens (tertiary/aromatic N) is 1. The second-order valence-electron chi connectivity index (χ2n) is 1.84. The Balaban J connectivity index is 3.77. The number of rotatable bonds is 5. The first-order chi connectivity index (χ1) is 5.18. The van der Waals surface area contributed by atoms with Gasteiger partial charge in [0.05, 0.1) is 6.54 Å². The molecule has 5 nitrogen and oxygen atoms in total. The van der Waals surface area contributed by atoms with Crippen LogP contribution in [0.2, 0.25) is 6.04 Å². The first-order valence-corrected chi connectivity index (χ1v) is 5.02. The van der Waals surface area contributed by atoms with Crippen molar-refractivity contribution in [3.05, 3.63) is 0 Å². The van der Waals surface area contributed by atoms with Crippen molar-refractivity contribution < 1.29 is 18.4 Å². The second-order valence-corrected chi connectivity index (χ2v) is 4.59. The third-order valence-corrected chi connectivity index (χ3v) is 3.37. The molecule has 0 aromatic rings. The summed E-state index contributed by atoms with van der Waals surface area (Å²) in [5.41, 5.74) is 0. The Morgan fingerprint density at radius 2 is 2.09 bits per heavy atom. The maximum absolute atomic E-state index is 9.63. The van der Waals surface area contributed by atoms with E-state index in [0.29, 0.717) is 0 Å². The Bertz CT molecular complexity index is 153. The zero-order valence-corrected chi connectivity index (χ0v) is 7.53. The Labute approximate surface area is 66.0 Å². The number of carbonyl (C=O) groups excluding carboxylic acids is 1. The SMILES string of the molecule is CO[Si](O)(CCN=C=O)OC. The summed E-state index contributed by atoms with van der Waals surface area (Å²) in [6, 6.07) is 0.245. The average Bonchev–Trinajstić information content (AvgIpc) is 2.05. The van der Waals surface area contributed by atoms with E-state index in [2.05, 4.69) is 4.99 Å². The van der Waals surface area contributed by atoms with E-state index in [0.717, 1.165) is 0 Å². The summed E-state index contributed by atoms with van der Waals surface area (Å²) in [7, 11) is -0.284. The largest absolute Gasteiger partial charge is 0.499 e. The van der Waals surface area contributed by atoms with Crippen LogP contribution in [-0.2, 0) is 13.6 Å². The Kier molecular flexibility index (Phi) is 4.92. The summed E-state index contributed by atoms with van der Waals surface area (Å²) < 4.78 is 9.43. The molecular formula is C5H11NO4Si. The van der Waals surface area contributed by atoms with Gasteiger partial charge in [-0.25, -0.2) is 9.79 Å². The van der Waals surface area contributed by atoms with Crippen molar-refractivity contribution in [1.82, 2.24) is 0 Å². The van der Waals surface area contributed by atoms with E-state index in [9.17, 15) is 9.59 Å². The highest BCUT2D eigenvalue weighted by Crippen LogP contribution is 2.06. The van der Waals surface area contributed by atoms with Crippen LogP contribution in [0.15, 0.2) is 4.99 Å². The predicted octanol–water partition coefficient (Wildman–Crippen LogP) is -0.454. The topological polar surface area (TPSA) is 68.1 Å². The molecule has 11 heavy (non-hydrogen) atoms. The fourth-order valence-electron chi connectivity index (χ4n) is 0.530. The minimum Gasteiger partial charge on any atom is -0.390 e. The van der Waals surface area contributed by atoms with Gasteiger partial charge < -0.3 is 13.6 Å². The molecule has 0 atom stereocenters. The molecule has 0 aromatic heterocycles. The van der Waals surface area contributed by atoms with Gasteiger partial charge in [-0.3, -0.25) is 0 Å². The van der Waals surface area contributed by atoms with Gasteiger partial charge in [0.25, 0.3) is 0 Å². The van der Waals surface area contributed by atoms with Crippen molar-refractivity contribution in [2.45, 2.75) is 6.04 Å². The molecule has 64 valence electrons. The minimum absolute atomic E-state index is 0.188. The van der Waals surface area contributed by atoms with Gasteiger partial charge in [-0.15, -0.1) is 0 Å². The molecule has 0 fully saturated rings. The molecule has 0 amide bonds. The zero-order valence-electron chi connectivity index (χ0n) is 6.53. The van der Waals surface area contributed by atoms with Gasteiger partial charge in [-0.05, 0) is 0 Å². The van der Waals surface area contributed by atoms with Crippen molar-refractivity contribution in [3.63, 3.8) is 0 Å². The zero-order chi connectivity index (χ0) is 8.74. The summed E-state index contributed by atoms with van der Waals surface area (Å²) in [5, 5.41) is 0. The van der Waals surface area contributed by atoms with Crippen LogP contribution >= 0.6 is 0 Å². The highest BCUT2D eigenvalue weighted by molar-refractivity contribution is 6.59. The smallest absolute Gasteiger partial charge is 0.390 e. The Hall–Kier alpha value is -0.523. The van der Waals surface area contributed by atoms with E-state index in [1.807, 2.05) is 0 Å². The molecule has 0 unspecified atom stereocenters. The summed E-state index contributed by atoms with van der Waals surface area (Å²) in [5.74, 6) is 0. The molecule has 0 radical (unpaired) electrons. The van der Waals surface area contributed by atoms with Gasteiger partial charge in [0.2, 0.25) is 6.08 Å². The summed E-state index contributed by atoms with van der Waals surface area (Å²) in [6.07, 6.45) is 1.36. The summed E-state index contributed by atoms with van der Waals surface area (Å²) >= 11 is 0. The second kappa shape index (κ2) is 5.17. The Morgan fingerprint density at radius 3 is 2.45 bits per heavy atom. The van der Waals surface area contributed by atoms with E-state index < -0.39 is 8.80 Å². The monoisotopic (exact) mass is 177 g/mol. The Morgan fingerprint density at radius 1 is 1.55 bits per heavy atom. The van der Waals surface area contributed by atoms with Gasteiger partial charge in [0.1, 0.15) is 0 Å². The van der Waals surface area contributed by atoms with E-state index >= 15 is 0 Å². The fraction of sp³-hybridized carbons (Fsp3) is 0.800. The average molecular weight is 177 g/mol. The lowest BCUT2D eigenvalue weighted by Crippen LogP contribution is -2.40. The lowest BCUT2D eigenvalue weighted by Gasteiger charge is -2.17. The molecule has 0 saturated carbocycles. The maximum Gasteiger partial charge on any atom is 0.499 e. The third-order valence-electron chi connectivity index (χ3n) is 1.24. The normalized spacial score (nSPS) is 10.8. The van der Waals surface area contributed by atoms with Crippen molar-refractivity contribution >= 4 is 14.9 Å². The van der Waals surface area contributed by atoms with Crippen molar-refractivity contribution in [2.75, 3.05) is 20.8 Å². The number of hydrogen-bond acceptors (Lipinski definition) is 5. The lowest BCUT2D eigenvalue weighted by molar-refractivity contribution is 0.152. The van der Waals surface area contributed by atoms with E-state index in [-0.39, 0.29) is 12.6 Å². The molecule has 0 aliphatic heterocycles. The number of hydrogen-bond donors (Lipinski definition) is 1. The molecule has 0 aliphatic rings. The molecular weight excluding hydrogens is 166 g/mol. The fourth-order valence-corrected chi connectivity index (χ4v) is 1.50. The van der Waals surface area contributed by atoms with E-state index in [1.165, 1.54) is 20.3 Å². The highest BCUT2D eigenvalue weighted by atomic mass is 28.4. The van der Waals surface area contributed by atoms with Crippen molar-refractivity contribution in [1.29, 1.82) is 0 Å². The van der Waals surface area contributed by atoms with Gasteiger partial charge >= 0.3 is 8.80 Å². The van der Waals surface area contributed by atoms with Crippen molar-refractivity contribution in [2.24, 2.45) is 4.99 Å². The van der Waals surface area contributed by atoms with Gasteiger partial charge in [0, 0.05) is 20.3 Å². The van der Waals surface area contributed by atoms with E-state index in [4.69, 9.17) is 8.85 Å². The van der Waals surface area contributed by atoms with E-state index in [1.54, 1.807) is 0 Å². The van der Waals surface area contributed by atoms with Crippen LogP contribution in [0, 0.1) is 0 Å². The van der Waals surface area contributed by atoms with Gasteiger partial charge in [0.15, 0.2) is 0 Å². The molecule has 0 rings (SSSR count). The molecule has 0 spiro atoms. The van der Waals surface area contributed by atoms with Crippen LogP contribution in [-0.4, -0.2) is 40.4 Å². The third kappa shape index (κ3) is 4.02. The highest BCUT2D eigenvalue weighted by Gasteiger charge is 2.33. The first kappa shape index (κ1) is 10.5. The van der Waals surface area contributed by atoms with Gasteiger partial charge in [-0.1, -0.05) is 0 Å². The maximum atomic E-state index is 9.63. The molecule has 0 aliphatic carbocycles. The first-order valence-electron chi connectivity index (χ1n) is 3.05. The van der Waals surface area contributed by atoms with Crippen LogP contribution < -0.4 is 0 Å². The quantitative estimate of drug-likeness (QED) is 0.351. The molecule has 0 heterocycles. The molecule has 6 heteroatoms. The lowest BCUT2D eigenvalue weighted by atomic mass is 10.8. The molecule has 0 aromatic carbocycles. The number of isocyanates is 1.